The molecule has 1 aliphatic rings. The van der Waals surface area contributed by atoms with Gasteiger partial charge in [0.2, 0.25) is 0 Å². The first-order valence-corrected chi connectivity index (χ1v) is 12.0. The third-order valence-electron chi connectivity index (χ3n) is 6.54. The van der Waals surface area contributed by atoms with Crippen molar-refractivity contribution < 1.29 is 9.31 Å². The third-order valence-corrected chi connectivity index (χ3v) is 11.8. The Morgan fingerprint density at radius 1 is 1.08 bits per heavy atom. The second-order valence-corrected chi connectivity index (χ2v) is 14.8. The maximum atomic E-state index is 6.32. The zero-order chi connectivity index (χ0) is 18.8. The van der Waals surface area contributed by atoms with Crippen LogP contribution in [0.1, 0.15) is 48.5 Å². The Morgan fingerprint density at radius 2 is 1.64 bits per heavy atom. The quantitative estimate of drug-likeness (QED) is 0.756. The molecular formula is C19H31BN2O2Si. The molecule has 0 spiro atoms. The van der Waals surface area contributed by atoms with Crippen molar-refractivity contribution in [3.05, 3.63) is 24.5 Å². The molecule has 1 fully saturated rings. The summed E-state index contributed by atoms with van der Waals surface area (Å²) in [5.41, 5.74) is 1.45. The first-order valence-electron chi connectivity index (χ1n) is 9.10. The molecule has 3 heterocycles. The Labute approximate surface area is 153 Å². The van der Waals surface area contributed by atoms with Crippen molar-refractivity contribution in [1.82, 2.24) is 9.22 Å². The lowest BCUT2D eigenvalue weighted by Gasteiger charge is -2.38. The highest BCUT2D eigenvalue weighted by Crippen LogP contribution is 2.40. The van der Waals surface area contributed by atoms with E-state index in [1.54, 1.807) is 0 Å². The molecule has 0 bridgehead atoms. The van der Waals surface area contributed by atoms with Gasteiger partial charge >= 0.3 is 7.12 Å². The van der Waals surface area contributed by atoms with Crippen LogP contribution in [0, 0.1) is 0 Å². The summed E-state index contributed by atoms with van der Waals surface area (Å²) in [6.45, 7) is 20.1. The summed E-state index contributed by atoms with van der Waals surface area (Å²) in [7, 11) is -2.16. The number of pyridine rings is 1. The van der Waals surface area contributed by atoms with Gasteiger partial charge in [-0.15, -0.1) is 0 Å². The summed E-state index contributed by atoms with van der Waals surface area (Å²) < 4.78 is 15.1. The Hall–Kier alpha value is -1.11. The van der Waals surface area contributed by atoms with Crippen molar-refractivity contribution in [1.29, 1.82) is 0 Å². The number of fused-ring (bicyclic) bond motifs is 1. The summed E-state index contributed by atoms with van der Waals surface area (Å²) in [5.74, 6) is 0. The highest BCUT2D eigenvalue weighted by atomic mass is 28.3. The molecule has 2 aromatic rings. The zero-order valence-electron chi connectivity index (χ0n) is 17.1. The lowest BCUT2D eigenvalue weighted by Crippen LogP contribution is -2.45. The monoisotopic (exact) mass is 358 g/mol. The minimum atomic E-state index is -1.80. The van der Waals surface area contributed by atoms with Crippen LogP contribution in [-0.2, 0) is 9.31 Å². The summed E-state index contributed by atoms with van der Waals surface area (Å²) in [4.78, 5) is 4.71. The van der Waals surface area contributed by atoms with Gasteiger partial charge in [-0.05, 0) is 45.0 Å². The number of rotatable bonds is 2. The number of hydrogen-bond donors (Lipinski definition) is 0. The average Bonchev–Trinajstić information content (AvgIpc) is 2.93. The van der Waals surface area contributed by atoms with Gasteiger partial charge in [-0.3, -0.25) is 0 Å². The molecule has 0 saturated carbocycles. The standard InChI is InChI=1S/C19H31BN2O2Si/c1-17(2,3)25(8,9)22-13-15(14-11-10-12-21-16(14)22)20-23-18(4,5)19(6,7)24-20/h10-13H,1-9H3. The molecular weight excluding hydrogens is 327 g/mol. The fraction of sp³-hybridized carbons (Fsp3) is 0.632. The molecule has 2 aromatic heterocycles. The first-order chi connectivity index (χ1) is 11.3. The van der Waals surface area contributed by atoms with Crippen molar-refractivity contribution in [2.45, 2.75) is 77.8 Å². The minimum absolute atomic E-state index is 0.212. The molecule has 25 heavy (non-hydrogen) atoms. The van der Waals surface area contributed by atoms with Gasteiger partial charge in [0.05, 0.1) is 11.2 Å². The molecule has 0 amide bonds. The van der Waals surface area contributed by atoms with Gasteiger partial charge in [-0.2, -0.15) is 0 Å². The number of nitrogens with zero attached hydrogens (tertiary/aromatic N) is 2. The second kappa shape index (κ2) is 5.44. The van der Waals surface area contributed by atoms with Gasteiger partial charge in [-0.1, -0.05) is 39.9 Å². The molecule has 0 aliphatic carbocycles. The van der Waals surface area contributed by atoms with E-state index in [9.17, 15) is 0 Å². The lowest BCUT2D eigenvalue weighted by atomic mass is 9.79. The van der Waals surface area contributed by atoms with E-state index in [4.69, 9.17) is 14.3 Å². The van der Waals surface area contributed by atoms with Crippen LogP contribution in [0.2, 0.25) is 18.1 Å². The third kappa shape index (κ3) is 2.79. The van der Waals surface area contributed by atoms with Crippen LogP contribution in [0.25, 0.3) is 11.0 Å². The fourth-order valence-corrected chi connectivity index (χ4v) is 4.92. The van der Waals surface area contributed by atoms with Crippen molar-refractivity contribution >= 4 is 31.9 Å². The van der Waals surface area contributed by atoms with E-state index in [0.717, 1.165) is 16.5 Å². The Balaban J connectivity index is 2.17. The van der Waals surface area contributed by atoms with Gasteiger partial charge in [0.1, 0.15) is 5.65 Å². The van der Waals surface area contributed by atoms with Crippen LogP contribution in [0.3, 0.4) is 0 Å². The molecule has 0 radical (unpaired) electrons. The second-order valence-electron chi connectivity index (χ2n) is 9.73. The summed E-state index contributed by atoms with van der Waals surface area (Å²) in [6.07, 6.45) is 4.11. The Morgan fingerprint density at radius 3 is 2.16 bits per heavy atom. The zero-order valence-corrected chi connectivity index (χ0v) is 18.1. The van der Waals surface area contributed by atoms with Gasteiger partial charge in [0.15, 0.2) is 8.24 Å². The average molecular weight is 358 g/mol. The van der Waals surface area contributed by atoms with Gasteiger partial charge in [0, 0.05) is 17.0 Å². The van der Waals surface area contributed by atoms with Gasteiger partial charge in [-0.25, -0.2) is 4.98 Å². The van der Waals surface area contributed by atoms with Crippen molar-refractivity contribution in [2.75, 3.05) is 0 Å². The van der Waals surface area contributed by atoms with Crippen LogP contribution in [0.4, 0.5) is 0 Å². The molecule has 6 heteroatoms. The normalized spacial score (nSPS) is 20.4. The molecule has 3 rings (SSSR count). The van der Waals surface area contributed by atoms with Crippen LogP contribution in [0.5, 0.6) is 0 Å². The van der Waals surface area contributed by atoms with Gasteiger partial charge in [0.25, 0.3) is 0 Å². The minimum Gasteiger partial charge on any atom is -0.399 e. The highest BCUT2D eigenvalue weighted by Gasteiger charge is 2.53. The maximum Gasteiger partial charge on any atom is 0.497 e. The summed E-state index contributed by atoms with van der Waals surface area (Å²) in [5, 5.41) is 1.34. The molecule has 1 aliphatic heterocycles. The number of aromatic nitrogens is 2. The van der Waals surface area contributed by atoms with Crippen LogP contribution in [-0.4, -0.2) is 35.8 Å². The van der Waals surface area contributed by atoms with E-state index in [2.05, 4.69) is 78.1 Å². The van der Waals surface area contributed by atoms with E-state index in [1.165, 1.54) is 0 Å². The summed E-state index contributed by atoms with van der Waals surface area (Å²) in [6, 6.07) is 4.12. The molecule has 0 N–H and O–H groups in total. The molecule has 0 unspecified atom stereocenters. The van der Waals surface area contributed by atoms with E-state index >= 15 is 0 Å². The molecule has 0 atom stereocenters. The van der Waals surface area contributed by atoms with Gasteiger partial charge < -0.3 is 13.5 Å². The Kier molecular flexibility index (Phi) is 4.07. The molecule has 136 valence electrons. The maximum absolute atomic E-state index is 6.32. The topological polar surface area (TPSA) is 36.3 Å². The van der Waals surface area contributed by atoms with Crippen LogP contribution >= 0.6 is 0 Å². The fourth-order valence-electron chi connectivity index (χ4n) is 3.03. The van der Waals surface area contributed by atoms with Crippen molar-refractivity contribution in [3.63, 3.8) is 0 Å². The smallest absolute Gasteiger partial charge is 0.399 e. The largest absolute Gasteiger partial charge is 0.497 e. The SMILES string of the molecule is CC1(C)OB(c2cn([Si](C)(C)C(C)(C)C)c3ncccc23)OC1(C)C. The molecule has 1 saturated heterocycles. The lowest BCUT2D eigenvalue weighted by molar-refractivity contribution is 0.00578. The predicted octanol–water partition coefficient (Wildman–Crippen LogP) is 4.19. The van der Waals surface area contributed by atoms with E-state index in [1.807, 2.05) is 12.3 Å². The van der Waals surface area contributed by atoms with E-state index in [-0.39, 0.29) is 23.4 Å². The molecule has 0 aromatic carbocycles. The highest BCUT2D eigenvalue weighted by molar-refractivity contribution is 6.80. The van der Waals surface area contributed by atoms with E-state index in [0.29, 0.717) is 0 Å². The summed E-state index contributed by atoms with van der Waals surface area (Å²) >= 11 is 0. The van der Waals surface area contributed by atoms with Crippen molar-refractivity contribution in [2.24, 2.45) is 0 Å². The van der Waals surface area contributed by atoms with Crippen LogP contribution < -0.4 is 5.46 Å². The van der Waals surface area contributed by atoms with Crippen LogP contribution in [0.15, 0.2) is 24.5 Å². The number of hydrogen-bond acceptors (Lipinski definition) is 3. The predicted molar refractivity (Wildman–Crippen MR) is 108 cm³/mol. The van der Waals surface area contributed by atoms with E-state index < -0.39 is 8.24 Å². The molecule has 4 nitrogen and oxygen atoms in total. The Bertz CT molecular complexity index is 789. The van der Waals surface area contributed by atoms with Crippen molar-refractivity contribution in [3.8, 4) is 0 Å². The first kappa shape index (κ1) is 18.7.